The van der Waals surface area contributed by atoms with E-state index in [1.54, 1.807) is 6.33 Å². The first-order valence-electron chi connectivity index (χ1n) is 9.92. The summed E-state index contributed by atoms with van der Waals surface area (Å²) in [6, 6.07) is 10.5. The average Bonchev–Trinajstić information content (AvgIpc) is 3.15. The molecule has 0 saturated carbocycles. The molecule has 0 spiro atoms. The molecule has 3 heterocycles. The molecule has 2 aromatic heterocycles. The lowest BCUT2D eigenvalue weighted by Crippen LogP contribution is -2.38. The maximum absolute atomic E-state index is 9.51. The fourth-order valence-electron chi connectivity index (χ4n) is 3.39. The minimum atomic E-state index is -1.10. The predicted octanol–water partition coefficient (Wildman–Crippen LogP) is 4.08. The first-order valence-corrected chi connectivity index (χ1v) is 11.5. The summed E-state index contributed by atoms with van der Waals surface area (Å²) in [5.41, 5.74) is 1.27. The number of carbonyl (C=O) groups excluding carboxylic acids is 1. The third kappa shape index (κ3) is 8.38. The van der Waals surface area contributed by atoms with E-state index in [9.17, 15) is 9.59 Å². The lowest BCUT2D eigenvalue weighted by molar-refractivity contribution is -0.131. The number of piperidine rings is 1. The molecule has 0 bridgehead atoms. The van der Waals surface area contributed by atoms with Crippen LogP contribution in [0.2, 0.25) is 9.36 Å². The van der Waals surface area contributed by atoms with Crippen LogP contribution in [0.15, 0.2) is 48.8 Å². The van der Waals surface area contributed by atoms with Crippen molar-refractivity contribution >= 4 is 62.8 Å². The van der Waals surface area contributed by atoms with Gasteiger partial charge in [-0.25, -0.2) is 14.8 Å². The molecule has 0 aliphatic carbocycles. The molecule has 3 aromatic rings. The molecule has 4 rings (SSSR count). The quantitative estimate of drug-likeness (QED) is 0.377. The van der Waals surface area contributed by atoms with E-state index in [2.05, 4.69) is 26.3 Å². The first-order chi connectivity index (χ1) is 15.4. The molecule has 0 atom stereocenters. The number of fused-ring (bicyclic) bond motifs is 1. The summed E-state index contributed by atoms with van der Waals surface area (Å²) in [5.74, 6) is -0.214. The van der Waals surface area contributed by atoms with Gasteiger partial charge in [0.25, 0.3) is 0 Å². The van der Waals surface area contributed by atoms with Gasteiger partial charge in [-0.2, -0.15) is 0 Å². The van der Waals surface area contributed by atoms with Gasteiger partial charge in [-0.15, -0.1) is 11.3 Å². The number of benzene rings is 1. The van der Waals surface area contributed by atoms with E-state index in [-0.39, 0.29) is 5.48 Å². The molecule has 1 saturated heterocycles. The number of carboxylic acid groups (broad SMARTS) is 1. The number of allylic oxidation sites excluding steroid dienone is 1. The number of hydrogen-bond donors (Lipinski definition) is 2. The van der Waals surface area contributed by atoms with Gasteiger partial charge in [-0.05, 0) is 42.7 Å². The van der Waals surface area contributed by atoms with Crippen LogP contribution in [0.4, 0.5) is 5.82 Å². The summed E-state index contributed by atoms with van der Waals surface area (Å²) in [4.78, 5) is 31.0. The molecule has 0 radical (unpaired) electrons. The summed E-state index contributed by atoms with van der Waals surface area (Å²) in [6.07, 6.45) is 5.88. The first kappa shape index (κ1) is 26.7. The van der Waals surface area contributed by atoms with Crippen molar-refractivity contribution < 1.29 is 20.2 Å². The lowest BCUT2D eigenvalue weighted by Gasteiger charge is -2.32. The molecule has 1 fully saturated rings. The van der Waals surface area contributed by atoms with Crippen molar-refractivity contribution in [2.75, 3.05) is 18.4 Å². The van der Waals surface area contributed by atoms with Crippen molar-refractivity contribution in [3.63, 3.8) is 0 Å². The Morgan fingerprint density at radius 1 is 1.24 bits per heavy atom. The second-order valence-electron chi connectivity index (χ2n) is 7.15. The minimum absolute atomic E-state index is 0. The van der Waals surface area contributed by atoms with Crippen molar-refractivity contribution in [1.82, 2.24) is 14.9 Å². The highest BCUT2D eigenvalue weighted by molar-refractivity contribution is 7.22. The van der Waals surface area contributed by atoms with Gasteiger partial charge in [-0.3, -0.25) is 9.69 Å². The van der Waals surface area contributed by atoms with Gasteiger partial charge in [-0.1, -0.05) is 35.3 Å². The Morgan fingerprint density at radius 2 is 2.00 bits per heavy atom. The molecule has 176 valence electrons. The largest absolute Gasteiger partial charge is 0.478 e. The zero-order valence-corrected chi connectivity index (χ0v) is 19.9. The minimum Gasteiger partial charge on any atom is -0.478 e. The number of aliphatic carboxylic acids is 1. The number of aldehydes is 1. The fraction of sp³-hybridized carbons (Fsp3) is 0.273. The van der Waals surface area contributed by atoms with Gasteiger partial charge >= 0.3 is 5.97 Å². The van der Waals surface area contributed by atoms with Crippen LogP contribution in [0.25, 0.3) is 10.2 Å². The van der Waals surface area contributed by atoms with Gasteiger partial charge in [0, 0.05) is 36.8 Å². The van der Waals surface area contributed by atoms with Crippen LogP contribution in [0.1, 0.15) is 18.4 Å². The lowest BCUT2D eigenvalue weighted by atomic mass is 10.0. The smallest absolute Gasteiger partial charge is 0.328 e. The normalized spacial score (nSPS) is 14.4. The van der Waals surface area contributed by atoms with Crippen molar-refractivity contribution in [3.05, 3.63) is 63.7 Å². The van der Waals surface area contributed by atoms with E-state index in [1.165, 1.54) is 16.9 Å². The zero-order chi connectivity index (χ0) is 22.9. The Balaban J connectivity index is 0.000000423. The standard InChI is InChI=1S/C18H18Cl2N4S.C4H4O3.H2O/c19-13-3-1-2-12(8-13)10-24-6-4-14(5-7-24)23-17-15-9-16(20)25-18(15)22-11-21-17;5-3-1-2-4(6)7;/h1-3,8-9,11,14H,4-7,10H2,(H,21,22,23);1-3H,(H,6,7);1H2/b;2-1-;. The summed E-state index contributed by atoms with van der Waals surface area (Å²) in [7, 11) is 0. The predicted molar refractivity (Wildman–Crippen MR) is 132 cm³/mol. The number of carbonyl (C=O) groups is 2. The number of likely N-dealkylation sites (tertiary alicyclic amines) is 1. The SMILES string of the molecule is Clc1cccc(CN2CCC(Nc3ncnc4sc(Cl)cc34)CC2)c1.O.O=C/C=C\C(=O)O. The molecule has 1 aromatic carbocycles. The van der Waals surface area contributed by atoms with Crippen LogP contribution < -0.4 is 5.32 Å². The van der Waals surface area contributed by atoms with Gasteiger partial charge in [0.05, 0.1) is 9.72 Å². The third-order valence-corrected chi connectivity index (χ3v) is 6.25. The molecule has 33 heavy (non-hydrogen) atoms. The van der Waals surface area contributed by atoms with E-state index in [1.807, 2.05) is 24.3 Å². The van der Waals surface area contributed by atoms with Crippen LogP contribution in [0.5, 0.6) is 0 Å². The number of hydrogen-bond acceptors (Lipinski definition) is 7. The summed E-state index contributed by atoms with van der Waals surface area (Å²) in [6.45, 7) is 3.07. The number of nitrogens with zero attached hydrogens (tertiary/aromatic N) is 3. The van der Waals surface area contributed by atoms with Crippen LogP contribution in [-0.2, 0) is 16.1 Å². The summed E-state index contributed by atoms with van der Waals surface area (Å²) < 4.78 is 0.745. The Bertz CT molecular complexity index is 1100. The zero-order valence-electron chi connectivity index (χ0n) is 17.6. The third-order valence-electron chi connectivity index (χ3n) is 4.84. The second-order valence-corrected chi connectivity index (χ2v) is 9.25. The molecular weight excluding hydrogens is 487 g/mol. The topological polar surface area (TPSA) is 127 Å². The highest BCUT2D eigenvalue weighted by Gasteiger charge is 2.20. The molecule has 4 N–H and O–H groups in total. The van der Waals surface area contributed by atoms with Crippen molar-refractivity contribution in [2.24, 2.45) is 0 Å². The Hall–Kier alpha value is -2.56. The van der Waals surface area contributed by atoms with Crippen LogP contribution in [0.3, 0.4) is 0 Å². The van der Waals surface area contributed by atoms with Gasteiger partial charge in [0.2, 0.25) is 0 Å². The molecule has 0 unspecified atom stereocenters. The monoisotopic (exact) mass is 510 g/mol. The van der Waals surface area contributed by atoms with Crippen molar-refractivity contribution in [1.29, 1.82) is 0 Å². The summed E-state index contributed by atoms with van der Waals surface area (Å²) >= 11 is 13.7. The van der Waals surface area contributed by atoms with Gasteiger partial charge < -0.3 is 15.9 Å². The van der Waals surface area contributed by atoms with E-state index in [4.69, 9.17) is 28.3 Å². The maximum Gasteiger partial charge on any atom is 0.328 e. The fourth-order valence-corrected chi connectivity index (χ4v) is 4.65. The van der Waals surface area contributed by atoms with Crippen LogP contribution in [-0.4, -0.2) is 56.8 Å². The number of carboxylic acids is 1. The van der Waals surface area contributed by atoms with Gasteiger partial charge in [0.15, 0.2) is 0 Å². The van der Waals surface area contributed by atoms with Crippen molar-refractivity contribution in [3.8, 4) is 0 Å². The second kappa shape index (κ2) is 13.2. The Morgan fingerprint density at radius 3 is 2.64 bits per heavy atom. The number of anilines is 1. The number of nitrogens with one attached hydrogen (secondary N) is 1. The summed E-state index contributed by atoms with van der Waals surface area (Å²) in [5, 5.41) is 13.2. The molecule has 1 aliphatic heterocycles. The Labute approximate surface area is 205 Å². The maximum atomic E-state index is 9.51. The highest BCUT2D eigenvalue weighted by Crippen LogP contribution is 2.32. The van der Waals surface area contributed by atoms with Crippen LogP contribution >= 0.6 is 34.5 Å². The van der Waals surface area contributed by atoms with E-state index >= 15 is 0 Å². The molecule has 8 nitrogen and oxygen atoms in total. The number of rotatable bonds is 6. The van der Waals surface area contributed by atoms with E-state index < -0.39 is 5.97 Å². The Kier molecular flexibility index (Phi) is 10.7. The van der Waals surface area contributed by atoms with E-state index in [0.29, 0.717) is 12.3 Å². The van der Waals surface area contributed by atoms with E-state index in [0.717, 1.165) is 70.0 Å². The van der Waals surface area contributed by atoms with Crippen molar-refractivity contribution in [2.45, 2.75) is 25.4 Å². The number of aromatic nitrogens is 2. The number of halogens is 2. The highest BCUT2D eigenvalue weighted by atomic mass is 35.5. The number of thiophene rings is 1. The molecular formula is C22H24Cl2N4O4S. The average molecular weight is 511 g/mol. The molecule has 0 amide bonds. The van der Waals surface area contributed by atoms with Gasteiger partial charge in [0.1, 0.15) is 23.3 Å². The molecule has 11 heteroatoms. The van der Waals surface area contributed by atoms with Crippen LogP contribution in [0, 0.1) is 0 Å². The molecule has 1 aliphatic rings.